The molecule has 0 aliphatic heterocycles. The van der Waals surface area contributed by atoms with Crippen LogP contribution in [0.1, 0.15) is 15.9 Å². The lowest BCUT2D eigenvalue weighted by Gasteiger charge is -2.13. The van der Waals surface area contributed by atoms with Gasteiger partial charge in [-0.2, -0.15) is 4.39 Å². The van der Waals surface area contributed by atoms with E-state index in [2.05, 4.69) is 0 Å². The van der Waals surface area contributed by atoms with Crippen LogP contribution in [0.15, 0.2) is 24.3 Å². The highest BCUT2D eigenvalue weighted by Gasteiger charge is 2.18. The number of aryl methyl sites for hydroxylation is 1. The molecule has 2 aromatic rings. The number of carbonyl (C=O) groups is 1. The highest BCUT2D eigenvalue weighted by atomic mass is 19.2. The first-order valence-corrected chi connectivity index (χ1v) is 6.34. The van der Waals surface area contributed by atoms with Crippen molar-refractivity contribution < 1.29 is 28.2 Å². The monoisotopic (exact) mass is 308 g/mol. The van der Waals surface area contributed by atoms with E-state index >= 15 is 0 Å². The van der Waals surface area contributed by atoms with Gasteiger partial charge in [0.05, 0.1) is 14.2 Å². The molecule has 116 valence electrons. The highest BCUT2D eigenvalue weighted by molar-refractivity contribution is 5.93. The first-order chi connectivity index (χ1) is 10.4. The molecular formula is C16H14F2O4. The van der Waals surface area contributed by atoms with E-state index in [9.17, 15) is 18.7 Å². The van der Waals surface area contributed by atoms with Crippen molar-refractivity contribution in [1.29, 1.82) is 0 Å². The molecule has 1 N–H and O–H groups in total. The zero-order chi connectivity index (χ0) is 16.4. The van der Waals surface area contributed by atoms with Crippen LogP contribution in [0.3, 0.4) is 0 Å². The van der Waals surface area contributed by atoms with Crippen molar-refractivity contribution in [2.75, 3.05) is 14.2 Å². The second-order valence-electron chi connectivity index (χ2n) is 4.65. The maximum Gasteiger partial charge on any atom is 0.339 e. The molecule has 6 heteroatoms. The molecule has 4 nitrogen and oxygen atoms in total. The largest absolute Gasteiger partial charge is 0.496 e. The van der Waals surface area contributed by atoms with E-state index in [1.165, 1.54) is 26.4 Å². The lowest BCUT2D eigenvalue weighted by molar-refractivity contribution is 0.0693. The average molecular weight is 308 g/mol. The summed E-state index contributed by atoms with van der Waals surface area (Å²) in [5.41, 5.74) is 1.25. The fraction of sp³-hybridized carbons (Fsp3) is 0.188. The van der Waals surface area contributed by atoms with Crippen LogP contribution < -0.4 is 9.47 Å². The summed E-state index contributed by atoms with van der Waals surface area (Å²) in [7, 11) is 2.60. The van der Waals surface area contributed by atoms with Gasteiger partial charge in [0.2, 0.25) is 5.82 Å². The fourth-order valence-corrected chi connectivity index (χ4v) is 2.25. The Morgan fingerprint density at radius 3 is 2.23 bits per heavy atom. The van der Waals surface area contributed by atoms with Gasteiger partial charge in [-0.05, 0) is 47.9 Å². The van der Waals surface area contributed by atoms with Crippen LogP contribution in [-0.2, 0) is 0 Å². The number of halogens is 2. The second kappa shape index (κ2) is 6.01. The fourth-order valence-electron chi connectivity index (χ4n) is 2.25. The molecule has 0 aliphatic rings. The van der Waals surface area contributed by atoms with Gasteiger partial charge in [0.25, 0.3) is 0 Å². The SMILES string of the molecule is COc1cc(-c2cc(C)c(OC)c(C(=O)O)c2)cc(F)c1F. The second-order valence-corrected chi connectivity index (χ2v) is 4.65. The summed E-state index contributed by atoms with van der Waals surface area (Å²) in [5, 5.41) is 9.25. The Morgan fingerprint density at radius 2 is 1.68 bits per heavy atom. The zero-order valence-corrected chi connectivity index (χ0v) is 12.2. The number of methoxy groups -OCH3 is 2. The smallest absolute Gasteiger partial charge is 0.339 e. The molecular weight excluding hydrogens is 294 g/mol. The Balaban J connectivity index is 2.68. The summed E-state index contributed by atoms with van der Waals surface area (Å²) >= 11 is 0. The minimum Gasteiger partial charge on any atom is -0.496 e. The van der Waals surface area contributed by atoms with Crippen molar-refractivity contribution in [2.24, 2.45) is 0 Å². The van der Waals surface area contributed by atoms with Crippen LogP contribution >= 0.6 is 0 Å². The van der Waals surface area contributed by atoms with Crippen LogP contribution in [0, 0.1) is 18.6 Å². The van der Waals surface area contributed by atoms with Crippen molar-refractivity contribution >= 4 is 5.97 Å². The summed E-state index contributed by atoms with van der Waals surface area (Å²) in [5.74, 6) is -3.35. The van der Waals surface area contributed by atoms with Gasteiger partial charge >= 0.3 is 5.97 Å². The predicted molar refractivity (Wildman–Crippen MR) is 76.6 cm³/mol. The van der Waals surface area contributed by atoms with E-state index < -0.39 is 17.6 Å². The van der Waals surface area contributed by atoms with Gasteiger partial charge in [-0.25, -0.2) is 9.18 Å². The van der Waals surface area contributed by atoms with Crippen molar-refractivity contribution in [1.82, 2.24) is 0 Å². The standard InChI is InChI=1S/C16H14F2O4/c1-8-4-9(5-11(16(19)20)15(8)22-3)10-6-12(17)14(18)13(7-10)21-2/h4-7H,1-3H3,(H,19,20). The van der Waals surface area contributed by atoms with Crippen LogP contribution in [0.2, 0.25) is 0 Å². The molecule has 0 amide bonds. The molecule has 0 spiro atoms. The Bertz CT molecular complexity index is 741. The summed E-state index contributed by atoms with van der Waals surface area (Å²) in [4.78, 5) is 11.3. The third-order valence-corrected chi connectivity index (χ3v) is 3.26. The molecule has 0 unspecified atom stereocenters. The third-order valence-electron chi connectivity index (χ3n) is 3.26. The Kier molecular flexibility index (Phi) is 4.30. The summed E-state index contributed by atoms with van der Waals surface area (Å²) in [6, 6.07) is 5.29. The number of aromatic carboxylic acids is 1. The molecule has 2 rings (SSSR count). The number of hydrogen-bond acceptors (Lipinski definition) is 3. The number of rotatable bonds is 4. The minimum atomic E-state index is -1.17. The van der Waals surface area contributed by atoms with Crippen molar-refractivity contribution in [3.8, 4) is 22.6 Å². The van der Waals surface area contributed by atoms with Gasteiger partial charge in [0.1, 0.15) is 11.3 Å². The van der Waals surface area contributed by atoms with Gasteiger partial charge < -0.3 is 14.6 Å². The van der Waals surface area contributed by atoms with E-state index in [0.717, 1.165) is 6.07 Å². The number of hydrogen-bond donors (Lipinski definition) is 1. The van der Waals surface area contributed by atoms with Crippen LogP contribution in [0.4, 0.5) is 8.78 Å². The van der Waals surface area contributed by atoms with E-state index in [4.69, 9.17) is 9.47 Å². The number of carboxylic acids is 1. The quantitative estimate of drug-likeness (QED) is 0.936. The Labute approximate surface area is 125 Å². The summed E-state index contributed by atoms with van der Waals surface area (Å²) in [6.07, 6.45) is 0. The molecule has 0 heterocycles. The molecule has 0 saturated carbocycles. The number of carboxylic acid groups (broad SMARTS) is 1. The zero-order valence-electron chi connectivity index (χ0n) is 12.2. The van der Waals surface area contributed by atoms with Crippen LogP contribution in [0.25, 0.3) is 11.1 Å². The number of ether oxygens (including phenoxy) is 2. The number of benzene rings is 2. The van der Waals surface area contributed by atoms with E-state index in [1.54, 1.807) is 13.0 Å². The first-order valence-electron chi connectivity index (χ1n) is 6.34. The molecule has 2 aromatic carbocycles. The molecule has 22 heavy (non-hydrogen) atoms. The Morgan fingerprint density at radius 1 is 1.05 bits per heavy atom. The van der Waals surface area contributed by atoms with E-state index in [0.29, 0.717) is 16.7 Å². The van der Waals surface area contributed by atoms with Gasteiger partial charge in [-0.3, -0.25) is 0 Å². The minimum absolute atomic E-state index is 0.0544. The first kappa shape index (κ1) is 15.8. The summed E-state index contributed by atoms with van der Waals surface area (Å²) < 4.78 is 37.0. The van der Waals surface area contributed by atoms with Gasteiger partial charge in [0.15, 0.2) is 11.6 Å². The predicted octanol–water partition coefficient (Wildman–Crippen LogP) is 3.66. The molecule has 0 aliphatic carbocycles. The normalized spacial score (nSPS) is 10.4. The molecule has 0 bridgehead atoms. The van der Waals surface area contributed by atoms with Crippen molar-refractivity contribution in [2.45, 2.75) is 6.92 Å². The van der Waals surface area contributed by atoms with Crippen LogP contribution in [0.5, 0.6) is 11.5 Å². The lowest BCUT2D eigenvalue weighted by atomic mass is 9.98. The highest BCUT2D eigenvalue weighted by Crippen LogP contribution is 2.33. The maximum atomic E-state index is 13.6. The molecule has 0 radical (unpaired) electrons. The lowest BCUT2D eigenvalue weighted by Crippen LogP contribution is -2.03. The molecule has 0 atom stereocenters. The van der Waals surface area contributed by atoms with Gasteiger partial charge in [-0.1, -0.05) is 0 Å². The molecule has 0 fully saturated rings. The molecule has 0 saturated heterocycles. The van der Waals surface area contributed by atoms with E-state index in [-0.39, 0.29) is 17.1 Å². The summed E-state index contributed by atoms with van der Waals surface area (Å²) in [6.45, 7) is 1.67. The maximum absolute atomic E-state index is 13.6. The molecule has 0 aromatic heterocycles. The average Bonchev–Trinajstić information content (AvgIpc) is 2.48. The third kappa shape index (κ3) is 2.72. The topological polar surface area (TPSA) is 55.8 Å². The van der Waals surface area contributed by atoms with Gasteiger partial charge in [0, 0.05) is 0 Å². The Hall–Kier alpha value is -2.63. The van der Waals surface area contributed by atoms with Crippen LogP contribution in [-0.4, -0.2) is 25.3 Å². The van der Waals surface area contributed by atoms with Crippen molar-refractivity contribution in [3.63, 3.8) is 0 Å². The van der Waals surface area contributed by atoms with Crippen molar-refractivity contribution in [3.05, 3.63) is 47.0 Å². The van der Waals surface area contributed by atoms with E-state index in [1.807, 2.05) is 0 Å². The van der Waals surface area contributed by atoms with Gasteiger partial charge in [-0.15, -0.1) is 0 Å².